The zero-order chi connectivity index (χ0) is 21.9. The van der Waals surface area contributed by atoms with Gasteiger partial charge in [0, 0.05) is 43.0 Å². The number of hydrogen-bond donors (Lipinski definition) is 1. The van der Waals surface area contributed by atoms with Crippen molar-refractivity contribution in [1.29, 1.82) is 0 Å². The average Bonchev–Trinajstić information content (AvgIpc) is 3.51. The van der Waals surface area contributed by atoms with Crippen LogP contribution in [-0.4, -0.2) is 54.7 Å². The summed E-state index contributed by atoms with van der Waals surface area (Å²) in [6.45, 7) is 2.86. The van der Waals surface area contributed by atoms with E-state index in [0.29, 0.717) is 12.6 Å². The lowest BCUT2D eigenvalue weighted by Gasteiger charge is -2.24. The van der Waals surface area contributed by atoms with Crippen LogP contribution in [0.1, 0.15) is 24.4 Å². The Balaban J connectivity index is 1.27. The maximum atomic E-state index is 5.92. The van der Waals surface area contributed by atoms with Crippen molar-refractivity contribution < 1.29 is 4.84 Å². The molecule has 32 heavy (non-hydrogen) atoms. The number of benzene rings is 2. The van der Waals surface area contributed by atoms with Gasteiger partial charge in [-0.2, -0.15) is 0 Å². The van der Waals surface area contributed by atoms with E-state index in [1.54, 1.807) is 6.33 Å². The zero-order valence-electron chi connectivity index (χ0n) is 18.7. The maximum Gasteiger partial charge on any atom is 0.158 e. The van der Waals surface area contributed by atoms with Crippen molar-refractivity contribution in [2.75, 3.05) is 49.1 Å². The van der Waals surface area contributed by atoms with E-state index < -0.39 is 0 Å². The molecule has 0 bridgehead atoms. The van der Waals surface area contributed by atoms with E-state index in [4.69, 9.17) is 4.84 Å². The van der Waals surface area contributed by atoms with E-state index >= 15 is 0 Å². The fourth-order valence-corrected chi connectivity index (χ4v) is 4.51. The Hall–Kier alpha value is -3.16. The van der Waals surface area contributed by atoms with Gasteiger partial charge in [0.05, 0.1) is 12.6 Å². The molecule has 3 heterocycles. The smallest absolute Gasteiger partial charge is 0.158 e. The number of hydroxylamine groups is 1. The fraction of sp³-hybridized carbons (Fsp3) is 0.360. The second kappa shape index (κ2) is 9.14. The van der Waals surface area contributed by atoms with E-state index in [1.165, 1.54) is 17.7 Å². The van der Waals surface area contributed by atoms with Gasteiger partial charge in [0.25, 0.3) is 0 Å². The highest BCUT2D eigenvalue weighted by Gasteiger charge is 2.29. The summed E-state index contributed by atoms with van der Waals surface area (Å²) in [6, 6.07) is 21.7. The first-order valence-corrected chi connectivity index (χ1v) is 11.2. The standard InChI is InChI=1S/C25H30N6O/c1-29(2)22-12-14-30(17-22)21-10-8-20(9-11-21)28-24-16-25(27-18-26-24)31-23(13-15-32-31)19-6-4-3-5-7-19/h3-11,16,18,22-23H,12-15,17H2,1-2H3,(H,26,27,28)/t22-,23-/m1/s1. The average molecular weight is 431 g/mol. The molecule has 1 N–H and O–H groups in total. The number of aromatic nitrogens is 2. The predicted octanol–water partition coefficient (Wildman–Crippen LogP) is 4.24. The first kappa shape index (κ1) is 20.7. The number of anilines is 4. The Morgan fingerprint density at radius 3 is 2.56 bits per heavy atom. The lowest BCUT2D eigenvalue weighted by Crippen LogP contribution is -2.31. The van der Waals surface area contributed by atoms with Crippen LogP contribution in [-0.2, 0) is 4.84 Å². The van der Waals surface area contributed by atoms with Gasteiger partial charge in [-0.3, -0.25) is 4.84 Å². The Bertz CT molecular complexity index is 1030. The molecule has 7 heteroatoms. The van der Waals surface area contributed by atoms with Gasteiger partial charge in [-0.1, -0.05) is 30.3 Å². The van der Waals surface area contributed by atoms with Gasteiger partial charge in [-0.05, 0) is 50.3 Å². The molecule has 0 radical (unpaired) electrons. The fourth-order valence-electron chi connectivity index (χ4n) is 4.51. The second-order valence-electron chi connectivity index (χ2n) is 8.66. The van der Waals surface area contributed by atoms with Crippen molar-refractivity contribution in [2.45, 2.75) is 24.9 Å². The molecule has 2 saturated heterocycles. The van der Waals surface area contributed by atoms with Crippen molar-refractivity contribution in [3.05, 3.63) is 72.6 Å². The summed E-state index contributed by atoms with van der Waals surface area (Å²) >= 11 is 0. The third kappa shape index (κ3) is 4.40. The first-order valence-electron chi connectivity index (χ1n) is 11.2. The van der Waals surface area contributed by atoms with Crippen LogP contribution in [0.5, 0.6) is 0 Å². The number of nitrogens with zero attached hydrogens (tertiary/aromatic N) is 5. The number of nitrogens with one attached hydrogen (secondary N) is 1. The van der Waals surface area contributed by atoms with Gasteiger partial charge in [-0.25, -0.2) is 15.0 Å². The lowest BCUT2D eigenvalue weighted by molar-refractivity contribution is 0.157. The summed E-state index contributed by atoms with van der Waals surface area (Å²) in [5.74, 6) is 1.51. The molecule has 166 valence electrons. The van der Waals surface area contributed by atoms with Crippen LogP contribution in [0.15, 0.2) is 67.0 Å². The SMILES string of the molecule is CN(C)[C@@H]1CCN(c2ccc(Nc3cc(N4OCC[C@@H]4c4ccccc4)ncn3)cc2)C1. The highest BCUT2D eigenvalue weighted by molar-refractivity contribution is 5.63. The molecule has 0 amide bonds. The molecular weight excluding hydrogens is 400 g/mol. The van der Waals surface area contributed by atoms with Crippen LogP contribution in [0.3, 0.4) is 0 Å². The van der Waals surface area contributed by atoms with Gasteiger partial charge in [-0.15, -0.1) is 0 Å². The van der Waals surface area contributed by atoms with E-state index in [0.717, 1.165) is 36.8 Å². The molecule has 7 nitrogen and oxygen atoms in total. The van der Waals surface area contributed by atoms with Gasteiger partial charge < -0.3 is 15.1 Å². The van der Waals surface area contributed by atoms with Crippen LogP contribution >= 0.6 is 0 Å². The third-order valence-electron chi connectivity index (χ3n) is 6.37. The molecule has 2 fully saturated rings. The van der Waals surface area contributed by atoms with Crippen LogP contribution in [0.2, 0.25) is 0 Å². The normalized spacial score (nSPS) is 20.8. The van der Waals surface area contributed by atoms with E-state index in [-0.39, 0.29) is 6.04 Å². The quantitative estimate of drug-likeness (QED) is 0.628. The summed E-state index contributed by atoms with van der Waals surface area (Å²) in [5.41, 5.74) is 3.50. The molecule has 2 aromatic carbocycles. The molecule has 3 aromatic rings. The van der Waals surface area contributed by atoms with E-state index in [9.17, 15) is 0 Å². The van der Waals surface area contributed by atoms with Crippen molar-refractivity contribution in [3.63, 3.8) is 0 Å². The summed E-state index contributed by atoms with van der Waals surface area (Å²) in [7, 11) is 4.32. The molecule has 2 aliphatic heterocycles. The summed E-state index contributed by atoms with van der Waals surface area (Å²) in [5, 5.41) is 5.31. The van der Waals surface area contributed by atoms with Crippen LogP contribution < -0.4 is 15.3 Å². The molecule has 0 spiro atoms. The van der Waals surface area contributed by atoms with E-state index in [2.05, 4.69) is 87.7 Å². The lowest BCUT2D eigenvalue weighted by atomic mass is 10.0. The van der Waals surface area contributed by atoms with Crippen molar-refractivity contribution in [3.8, 4) is 0 Å². The Morgan fingerprint density at radius 2 is 1.81 bits per heavy atom. The van der Waals surface area contributed by atoms with Crippen LogP contribution in [0.4, 0.5) is 23.0 Å². The molecular formula is C25H30N6O. The second-order valence-corrected chi connectivity index (χ2v) is 8.66. The molecule has 0 aliphatic carbocycles. The number of hydrogen-bond acceptors (Lipinski definition) is 7. The molecule has 0 saturated carbocycles. The highest BCUT2D eigenvalue weighted by atomic mass is 16.7. The van der Waals surface area contributed by atoms with Crippen LogP contribution in [0, 0.1) is 0 Å². The minimum absolute atomic E-state index is 0.157. The Morgan fingerprint density at radius 1 is 1.00 bits per heavy atom. The van der Waals surface area contributed by atoms with Crippen molar-refractivity contribution in [2.24, 2.45) is 0 Å². The molecule has 2 atom stereocenters. The van der Waals surface area contributed by atoms with Crippen molar-refractivity contribution >= 4 is 23.0 Å². The largest absolute Gasteiger partial charge is 0.370 e. The molecule has 0 unspecified atom stereocenters. The monoisotopic (exact) mass is 430 g/mol. The zero-order valence-corrected chi connectivity index (χ0v) is 18.7. The molecule has 1 aromatic heterocycles. The Kier molecular flexibility index (Phi) is 5.92. The first-order chi connectivity index (χ1) is 15.7. The highest BCUT2D eigenvalue weighted by Crippen LogP contribution is 2.34. The topological polar surface area (TPSA) is 56.8 Å². The molecule has 2 aliphatic rings. The van der Waals surface area contributed by atoms with Gasteiger partial charge in [0.2, 0.25) is 0 Å². The van der Waals surface area contributed by atoms with Gasteiger partial charge >= 0.3 is 0 Å². The van der Waals surface area contributed by atoms with E-state index in [1.807, 2.05) is 17.2 Å². The Labute approximate surface area is 189 Å². The third-order valence-corrected chi connectivity index (χ3v) is 6.37. The minimum atomic E-state index is 0.157. The predicted molar refractivity (Wildman–Crippen MR) is 128 cm³/mol. The van der Waals surface area contributed by atoms with Crippen LogP contribution in [0.25, 0.3) is 0 Å². The minimum Gasteiger partial charge on any atom is -0.370 e. The number of likely N-dealkylation sites (N-methyl/N-ethyl adjacent to an activating group) is 1. The summed E-state index contributed by atoms with van der Waals surface area (Å²) in [4.78, 5) is 19.6. The summed E-state index contributed by atoms with van der Waals surface area (Å²) in [6.07, 6.45) is 3.73. The summed E-state index contributed by atoms with van der Waals surface area (Å²) < 4.78 is 0. The maximum absolute atomic E-state index is 5.92. The number of rotatable bonds is 6. The molecule has 5 rings (SSSR count). The van der Waals surface area contributed by atoms with Crippen molar-refractivity contribution in [1.82, 2.24) is 14.9 Å². The van der Waals surface area contributed by atoms with Gasteiger partial charge in [0.15, 0.2) is 5.82 Å². The van der Waals surface area contributed by atoms with Gasteiger partial charge in [0.1, 0.15) is 12.1 Å².